The van der Waals surface area contributed by atoms with Crippen molar-refractivity contribution in [2.45, 2.75) is 141 Å². The van der Waals surface area contributed by atoms with Crippen LogP contribution in [0, 0.1) is 71.0 Å². The number of rotatable bonds is 4. The number of ether oxygens (including phenoxy) is 6. The Hall–Kier alpha value is -1.58. The summed E-state index contributed by atoms with van der Waals surface area (Å²) in [6.45, 7) is 13.4. The van der Waals surface area contributed by atoms with E-state index in [2.05, 4.69) is 51.4 Å². The van der Waals surface area contributed by atoms with Crippen molar-refractivity contribution >= 4 is 11.3 Å². The van der Waals surface area contributed by atoms with Gasteiger partial charge in [0.1, 0.15) is 13.2 Å². The first kappa shape index (κ1) is 35.1. The van der Waals surface area contributed by atoms with Gasteiger partial charge in [0, 0.05) is 36.5 Å². The molecule has 16 atom stereocenters. The van der Waals surface area contributed by atoms with E-state index in [0.29, 0.717) is 23.7 Å². The minimum absolute atomic E-state index is 0.116. The molecule has 8 aliphatic heterocycles. The van der Waals surface area contributed by atoms with E-state index in [-0.39, 0.29) is 36.9 Å². The SMILES string of the molecule is C[C@@H]1CC[C@H]2[C@@H](C)C(OCC#Cc3ccc(C#CCOC4O[C@@H]5O[C@@]6(C)CC[C@H]7[C@H](C)CC[C@@H]([C@H]4C)[C@@]57OO6)s3)O[C@@H]3O[C@@]4(C)CC[C@@H]1[C@]32OO4. The second-order valence-corrected chi connectivity index (χ2v) is 18.0. The van der Waals surface area contributed by atoms with Crippen LogP contribution < -0.4 is 0 Å². The van der Waals surface area contributed by atoms with Crippen molar-refractivity contribution in [3.8, 4) is 23.7 Å². The molecule has 1 aromatic rings. The van der Waals surface area contributed by atoms with Crippen LogP contribution in [0.2, 0.25) is 0 Å². The van der Waals surface area contributed by atoms with E-state index in [9.17, 15) is 0 Å². The van der Waals surface area contributed by atoms with Gasteiger partial charge in [-0.15, -0.1) is 11.3 Å². The summed E-state index contributed by atoms with van der Waals surface area (Å²) in [4.78, 5) is 26.2. The zero-order valence-electron chi connectivity index (χ0n) is 30.6. The first-order valence-corrected chi connectivity index (χ1v) is 20.1. The summed E-state index contributed by atoms with van der Waals surface area (Å²) in [5.74, 6) is 13.6. The van der Waals surface area contributed by atoms with Crippen LogP contribution in [-0.4, -0.2) is 61.2 Å². The van der Waals surface area contributed by atoms with Crippen molar-refractivity contribution < 1.29 is 48.0 Å². The lowest BCUT2D eigenvalue weighted by molar-refractivity contribution is -0.577. The maximum Gasteiger partial charge on any atom is 0.201 e. The number of hydrogen-bond donors (Lipinski definition) is 0. The Morgan fingerprint density at radius 2 is 1.08 bits per heavy atom. The summed E-state index contributed by atoms with van der Waals surface area (Å²) in [6.07, 6.45) is 6.08. The molecule has 11 rings (SSSR count). The topological polar surface area (TPSA) is 92.3 Å². The quantitative estimate of drug-likeness (QED) is 0.241. The Bertz CT molecular complexity index is 1500. The highest BCUT2D eigenvalue weighted by Crippen LogP contribution is 2.62. The van der Waals surface area contributed by atoms with Gasteiger partial charge in [0.2, 0.25) is 11.6 Å². The Balaban J connectivity index is 0.798. The van der Waals surface area contributed by atoms with Gasteiger partial charge in [-0.3, -0.25) is 0 Å². The van der Waals surface area contributed by atoms with Crippen molar-refractivity contribution in [1.82, 2.24) is 0 Å². The van der Waals surface area contributed by atoms with Gasteiger partial charge in [-0.05, 0) is 88.2 Å². The molecule has 278 valence electrons. The summed E-state index contributed by atoms with van der Waals surface area (Å²) < 4.78 is 38.4. The monoisotopic (exact) mass is 724 g/mol. The Morgan fingerprint density at radius 1 is 0.627 bits per heavy atom. The summed E-state index contributed by atoms with van der Waals surface area (Å²) in [5, 5.41) is 0. The highest BCUT2D eigenvalue weighted by Gasteiger charge is 2.71. The van der Waals surface area contributed by atoms with E-state index >= 15 is 0 Å². The molecule has 0 amide bonds. The number of hydrogen-bond acceptors (Lipinski definition) is 11. The van der Waals surface area contributed by atoms with Crippen LogP contribution in [0.4, 0.5) is 0 Å². The van der Waals surface area contributed by atoms with Gasteiger partial charge in [0.25, 0.3) is 0 Å². The maximum atomic E-state index is 6.52. The van der Waals surface area contributed by atoms with Crippen LogP contribution in [0.3, 0.4) is 0 Å². The molecule has 10 nitrogen and oxygen atoms in total. The van der Waals surface area contributed by atoms with E-state index in [0.717, 1.165) is 61.1 Å². The van der Waals surface area contributed by atoms with E-state index in [1.165, 1.54) is 0 Å². The minimum atomic E-state index is -0.801. The zero-order valence-corrected chi connectivity index (χ0v) is 31.5. The molecule has 9 heterocycles. The average molecular weight is 725 g/mol. The average Bonchev–Trinajstić information content (AvgIpc) is 3.27. The third-order valence-corrected chi connectivity index (χ3v) is 14.8. The predicted molar refractivity (Wildman–Crippen MR) is 184 cm³/mol. The van der Waals surface area contributed by atoms with Gasteiger partial charge in [-0.25, -0.2) is 19.6 Å². The summed E-state index contributed by atoms with van der Waals surface area (Å²) in [6, 6.07) is 3.99. The third kappa shape index (κ3) is 5.69. The molecule has 2 spiro atoms. The molecule has 0 aromatic carbocycles. The van der Waals surface area contributed by atoms with Gasteiger partial charge in [0.15, 0.2) is 36.4 Å². The van der Waals surface area contributed by atoms with Crippen molar-refractivity contribution in [1.29, 1.82) is 0 Å². The smallest absolute Gasteiger partial charge is 0.201 e. The third-order valence-electron chi connectivity index (χ3n) is 13.9. The van der Waals surface area contributed by atoms with Crippen LogP contribution in [0.15, 0.2) is 12.1 Å². The molecular formula is C40H52O10S. The molecule has 4 bridgehead atoms. The van der Waals surface area contributed by atoms with Gasteiger partial charge in [-0.2, -0.15) is 0 Å². The predicted octanol–water partition coefficient (Wildman–Crippen LogP) is 6.90. The molecule has 0 radical (unpaired) electrons. The lowest BCUT2D eigenvalue weighted by atomic mass is 9.58. The molecule has 10 aliphatic rings. The maximum absolute atomic E-state index is 6.52. The Morgan fingerprint density at radius 3 is 1.53 bits per heavy atom. The molecule has 0 N–H and O–H groups in total. The van der Waals surface area contributed by atoms with Gasteiger partial charge >= 0.3 is 0 Å². The number of fused-ring (bicyclic) bond motifs is 4. The first-order valence-electron chi connectivity index (χ1n) is 19.2. The zero-order chi connectivity index (χ0) is 35.2. The fourth-order valence-corrected chi connectivity index (χ4v) is 11.8. The summed E-state index contributed by atoms with van der Waals surface area (Å²) in [5.41, 5.74) is -1.18. The fraction of sp³-hybridized carbons (Fsp3) is 0.800. The van der Waals surface area contributed by atoms with E-state index in [1.54, 1.807) is 11.3 Å². The second-order valence-electron chi connectivity index (χ2n) is 16.9. The van der Waals surface area contributed by atoms with Gasteiger partial charge in [0.05, 0.1) is 9.75 Å². The van der Waals surface area contributed by atoms with Crippen LogP contribution in [0.1, 0.15) is 103 Å². The minimum Gasteiger partial charge on any atom is -0.340 e. The molecule has 8 saturated heterocycles. The molecule has 2 aliphatic carbocycles. The molecule has 10 fully saturated rings. The highest BCUT2D eigenvalue weighted by atomic mass is 32.1. The number of thiophene rings is 1. The normalized spacial score (nSPS) is 50.8. The lowest BCUT2D eigenvalue weighted by Gasteiger charge is -2.60. The van der Waals surface area contributed by atoms with Gasteiger partial charge < -0.3 is 28.4 Å². The summed E-state index contributed by atoms with van der Waals surface area (Å²) in [7, 11) is 0. The van der Waals surface area contributed by atoms with Crippen molar-refractivity contribution in [3.05, 3.63) is 21.9 Å². The highest BCUT2D eigenvalue weighted by molar-refractivity contribution is 7.13. The van der Waals surface area contributed by atoms with Crippen LogP contribution in [0.25, 0.3) is 0 Å². The van der Waals surface area contributed by atoms with E-state index in [4.69, 9.17) is 48.0 Å². The standard InChI is InChI=1S/C40H52O10S/c1-23-11-15-31-25(3)33(43-35-39(31)29(23)17-19-37(5,45-35)47-49-39)41-21-7-9-27-13-14-28(51-27)10-8-22-42-34-26(4)32-16-12-24(2)30-18-20-38(6)46-36(44-34)40(30,32)50-48-38/h13-14,23-26,29-36H,11-12,15-22H2,1-6H3/t23-,24-,25-,26-,29+,30+,31+,32+,33?,34?,35-,36-,37-,38-,39-,40-/m1/s1. The molecule has 11 heteroatoms. The van der Waals surface area contributed by atoms with Crippen molar-refractivity contribution in [3.63, 3.8) is 0 Å². The van der Waals surface area contributed by atoms with Crippen molar-refractivity contribution in [2.24, 2.45) is 47.3 Å². The Labute approximate surface area is 305 Å². The molecule has 2 saturated carbocycles. The van der Waals surface area contributed by atoms with Crippen molar-refractivity contribution in [2.75, 3.05) is 13.2 Å². The second kappa shape index (κ2) is 13.0. The molecule has 1 aromatic heterocycles. The molecule has 2 unspecified atom stereocenters. The van der Waals surface area contributed by atoms with E-state index < -0.39 is 47.9 Å². The van der Waals surface area contributed by atoms with Crippen LogP contribution in [0.5, 0.6) is 0 Å². The van der Waals surface area contributed by atoms with Crippen LogP contribution >= 0.6 is 11.3 Å². The first-order chi connectivity index (χ1) is 24.5. The largest absolute Gasteiger partial charge is 0.340 e. The molecular weight excluding hydrogens is 672 g/mol. The molecule has 51 heavy (non-hydrogen) atoms. The fourth-order valence-electron chi connectivity index (χ4n) is 11.1. The lowest BCUT2D eigenvalue weighted by Crippen LogP contribution is -2.70. The van der Waals surface area contributed by atoms with Gasteiger partial charge in [-0.1, -0.05) is 51.4 Å². The summed E-state index contributed by atoms with van der Waals surface area (Å²) >= 11 is 1.56. The van der Waals surface area contributed by atoms with E-state index in [1.807, 2.05) is 26.0 Å². The Kier molecular flexibility index (Phi) is 8.98. The van der Waals surface area contributed by atoms with Crippen LogP contribution in [-0.2, 0) is 48.0 Å².